The topological polar surface area (TPSA) is 105 Å². The van der Waals surface area contributed by atoms with Crippen LogP contribution in [0.5, 0.6) is 0 Å². The van der Waals surface area contributed by atoms with Gasteiger partial charge < -0.3 is 20.2 Å². The Kier molecular flexibility index (Phi) is 9.42. The molecule has 0 bridgehead atoms. The predicted octanol–water partition coefficient (Wildman–Crippen LogP) is 2.86. The number of carboxylic acid groups (broad SMARTS) is 1. The highest BCUT2D eigenvalue weighted by Crippen LogP contribution is 2.36. The molecule has 0 spiro atoms. The first kappa shape index (κ1) is 24.2. The maximum Gasteiger partial charge on any atom is 0.300 e. The molecule has 0 saturated heterocycles. The lowest BCUT2D eigenvalue weighted by atomic mass is 9.80. The molecule has 0 radical (unpaired) electrons. The molecule has 1 atom stereocenters. The van der Waals surface area contributed by atoms with Gasteiger partial charge in [0.25, 0.3) is 5.97 Å². The standard InChI is InChI=1S/C20H23FN2O2.C2H4O2/c1-23(2)11-3-10-20(25,17-5-7-18(21)8-6-17)19-9-4-15(13-22)12-16(19)14-24;1-2(3)4/h4-9,12,24-25H,3,10-11,14H2,1-2H3;1H3,(H,3,4)/t20-;/m1./s1. The molecule has 0 aliphatic heterocycles. The van der Waals surface area contributed by atoms with E-state index >= 15 is 0 Å². The first-order valence-corrected chi connectivity index (χ1v) is 9.11. The molecule has 0 unspecified atom stereocenters. The first-order chi connectivity index (χ1) is 13.6. The molecule has 0 heterocycles. The van der Waals surface area contributed by atoms with E-state index < -0.39 is 11.6 Å². The summed E-state index contributed by atoms with van der Waals surface area (Å²) in [5.41, 5.74) is 0.653. The van der Waals surface area contributed by atoms with Crippen LogP contribution in [0.4, 0.5) is 4.39 Å². The van der Waals surface area contributed by atoms with Gasteiger partial charge >= 0.3 is 0 Å². The molecular weight excluding hydrogens is 375 g/mol. The highest BCUT2D eigenvalue weighted by atomic mass is 19.1. The number of hydrogen-bond acceptors (Lipinski definition) is 5. The Labute approximate surface area is 170 Å². The van der Waals surface area contributed by atoms with E-state index in [1.54, 1.807) is 30.3 Å². The molecule has 0 fully saturated rings. The average Bonchev–Trinajstić information content (AvgIpc) is 2.67. The van der Waals surface area contributed by atoms with Gasteiger partial charge in [0.15, 0.2) is 0 Å². The molecule has 2 aromatic carbocycles. The smallest absolute Gasteiger partial charge is 0.300 e. The lowest BCUT2D eigenvalue weighted by Gasteiger charge is -2.32. The first-order valence-electron chi connectivity index (χ1n) is 9.11. The molecule has 0 aromatic heterocycles. The maximum atomic E-state index is 13.3. The van der Waals surface area contributed by atoms with E-state index in [1.807, 2.05) is 25.1 Å². The molecule has 0 aliphatic rings. The zero-order valence-electron chi connectivity index (χ0n) is 16.9. The van der Waals surface area contributed by atoms with Crippen LogP contribution in [-0.4, -0.2) is 46.8 Å². The Hall–Kier alpha value is -2.79. The fourth-order valence-electron chi connectivity index (χ4n) is 3.01. The summed E-state index contributed by atoms with van der Waals surface area (Å²) in [5.74, 6) is -1.21. The van der Waals surface area contributed by atoms with Crippen LogP contribution < -0.4 is 0 Å². The minimum absolute atomic E-state index is 0.290. The molecule has 6 nitrogen and oxygen atoms in total. The van der Waals surface area contributed by atoms with Crippen LogP contribution in [0.2, 0.25) is 0 Å². The average molecular weight is 402 g/mol. The molecule has 156 valence electrons. The Morgan fingerprint density at radius 2 is 1.79 bits per heavy atom. The van der Waals surface area contributed by atoms with Crippen LogP contribution in [0.3, 0.4) is 0 Å². The Morgan fingerprint density at radius 1 is 1.21 bits per heavy atom. The van der Waals surface area contributed by atoms with Crippen LogP contribution in [0.1, 0.15) is 42.0 Å². The quantitative estimate of drug-likeness (QED) is 0.658. The lowest BCUT2D eigenvalue weighted by molar-refractivity contribution is -0.134. The fourth-order valence-corrected chi connectivity index (χ4v) is 3.01. The second kappa shape index (κ2) is 11.3. The molecule has 29 heavy (non-hydrogen) atoms. The molecule has 7 heteroatoms. The molecule has 2 aromatic rings. The van der Waals surface area contributed by atoms with Gasteiger partial charge in [-0.1, -0.05) is 18.2 Å². The Bertz CT molecular complexity index is 843. The normalized spacial score (nSPS) is 12.5. The van der Waals surface area contributed by atoms with Gasteiger partial charge in [0.05, 0.1) is 18.2 Å². The highest BCUT2D eigenvalue weighted by molar-refractivity contribution is 5.62. The van der Waals surface area contributed by atoms with Crippen molar-refractivity contribution < 1.29 is 24.5 Å². The number of aliphatic hydroxyl groups excluding tert-OH is 1. The van der Waals surface area contributed by atoms with Crippen molar-refractivity contribution in [3.8, 4) is 6.07 Å². The van der Waals surface area contributed by atoms with E-state index in [1.165, 1.54) is 12.1 Å². The van der Waals surface area contributed by atoms with Gasteiger partial charge in [0.2, 0.25) is 0 Å². The molecule has 3 N–H and O–H groups in total. The van der Waals surface area contributed by atoms with Gasteiger partial charge in [-0.25, -0.2) is 4.39 Å². The van der Waals surface area contributed by atoms with E-state index in [2.05, 4.69) is 0 Å². The number of nitrogens with zero attached hydrogens (tertiary/aromatic N) is 2. The fraction of sp³-hybridized carbons (Fsp3) is 0.364. The summed E-state index contributed by atoms with van der Waals surface area (Å²) in [5, 5.41) is 37.7. The van der Waals surface area contributed by atoms with Crippen molar-refractivity contribution in [2.45, 2.75) is 32.0 Å². The third-order valence-corrected chi connectivity index (χ3v) is 4.32. The summed E-state index contributed by atoms with van der Waals surface area (Å²) >= 11 is 0. The lowest BCUT2D eigenvalue weighted by Crippen LogP contribution is -2.30. The Balaban J connectivity index is 0.000000960. The molecule has 2 rings (SSSR count). The van der Waals surface area contributed by atoms with Gasteiger partial charge in [-0.15, -0.1) is 0 Å². The number of carbonyl (C=O) groups is 1. The van der Waals surface area contributed by atoms with Gasteiger partial charge in [0, 0.05) is 6.92 Å². The van der Waals surface area contributed by atoms with Gasteiger partial charge in [-0.3, -0.25) is 4.79 Å². The largest absolute Gasteiger partial charge is 0.481 e. The number of halogens is 1. The number of rotatable bonds is 7. The van der Waals surface area contributed by atoms with Crippen molar-refractivity contribution in [1.82, 2.24) is 4.90 Å². The van der Waals surface area contributed by atoms with Crippen LogP contribution >= 0.6 is 0 Å². The monoisotopic (exact) mass is 402 g/mol. The number of benzene rings is 2. The van der Waals surface area contributed by atoms with Crippen LogP contribution in [-0.2, 0) is 17.0 Å². The van der Waals surface area contributed by atoms with E-state index in [0.717, 1.165) is 13.5 Å². The van der Waals surface area contributed by atoms with Crippen LogP contribution in [0.15, 0.2) is 42.5 Å². The zero-order valence-corrected chi connectivity index (χ0v) is 16.9. The molecule has 0 amide bonds. The van der Waals surface area contributed by atoms with Gasteiger partial charge in [-0.05, 0) is 74.4 Å². The summed E-state index contributed by atoms with van der Waals surface area (Å²) in [6.45, 7) is 1.58. The summed E-state index contributed by atoms with van der Waals surface area (Å²) < 4.78 is 13.3. The summed E-state index contributed by atoms with van der Waals surface area (Å²) in [6.07, 6.45) is 1.13. The third kappa shape index (κ3) is 7.27. The number of carboxylic acids is 1. The number of hydrogen-bond donors (Lipinski definition) is 3. The molecule has 0 saturated carbocycles. The third-order valence-electron chi connectivity index (χ3n) is 4.32. The minimum Gasteiger partial charge on any atom is -0.481 e. The van der Waals surface area contributed by atoms with Crippen molar-refractivity contribution in [2.24, 2.45) is 0 Å². The van der Waals surface area contributed by atoms with Crippen molar-refractivity contribution in [1.29, 1.82) is 5.26 Å². The van der Waals surface area contributed by atoms with Crippen LogP contribution in [0, 0.1) is 17.1 Å². The second-order valence-electron chi connectivity index (χ2n) is 6.93. The highest BCUT2D eigenvalue weighted by Gasteiger charge is 2.33. The SMILES string of the molecule is CC(=O)O.CN(C)CCC[C@@](O)(c1ccc(F)cc1)c1ccc(C#N)cc1CO. The van der Waals surface area contributed by atoms with E-state index in [-0.39, 0.29) is 12.4 Å². The minimum atomic E-state index is -1.37. The summed E-state index contributed by atoms with van der Waals surface area (Å²) in [4.78, 5) is 11.0. The van der Waals surface area contributed by atoms with Crippen molar-refractivity contribution in [2.75, 3.05) is 20.6 Å². The number of aliphatic hydroxyl groups is 2. The van der Waals surface area contributed by atoms with Crippen LogP contribution in [0.25, 0.3) is 0 Å². The number of aliphatic carboxylic acids is 1. The van der Waals surface area contributed by atoms with Gasteiger partial charge in [0.1, 0.15) is 11.4 Å². The van der Waals surface area contributed by atoms with Gasteiger partial charge in [-0.2, -0.15) is 5.26 Å². The van der Waals surface area contributed by atoms with E-state index in [0.29, 0.717) is 35.1 Å². The molecular formula is C22H27FN2O4. The summed E-state index contributed by atoms with van der Waals surface area (Å²) in [6, 6.07) is 12.7. The van der Waals surface area contributed by atoms with E-state index in [4.69, 9.17) is 15.2 Å². The maximum absolute atomic E-state index is 13.3. The number of nitriles is 1. The Morgan fingerprint density at radius 3 is 2.28 bits per heavy atom. The van der Waals surface area contributed by atoms with Crippen molar-refractivity contribution in [3.05, 3.63) is 70.5 Å². The summed E-state index contributed by atoms with van der Waals surface area (Å²) in [7, 11) is 3.91. The van der Waals surface area contributed by atoms with Crippen molar-refractivity contribution >= 4 is 5.97 Å². The molecule has 0 aliphatic carbocycles. The zero-order chi connectivity index (χ0) is 22.0. The predicted molar refractivity (Wildman–Crippen MR) is 108 cm³/mol. The second-order valence-corrected chi connectivity index (χ2v) is 6.93. The van der Waals surface area contributed by atoms with E-state index in [9.17, 15) is 14.6 Å². The van der Waals surface area contributed by atoms with Crippen molar-refractivity contribution in [3.63, 3.8) is 0 Å².